The fourth-order valence-electron chi connectivity index (χ4n) is 1.56. The lowest BCUT2D eigenvalue weighted by molar-refractivity contribution is 0.155. The first-order chi connectivity index (χ1) is 6.45. The number of hydrogen-bond acceptors (Lipinski definition) is 1. The molecule has 0 bridgehead atoms. The zero-order chi connectivity index (χ0) is 10.8. The van der Waals surface area contributed by atoms with Crippen molar-refractivity contribution in [2.45, 2.75) is 25.6 Å². The average Bonchev–Trinajstić information content (AvgIpc) is 2.07. The number of hydrogen-bond donors (Lipinski definition) is 1. The van der Waals surface area contributed by atoms with Crippen molar-refractivity contribution >= 4 is 15.9 Å². The van der Waals surface area contributed by atoms with Crippen LogP contribution in [0.4, 0.5) is 4.39 Å². The van der Waals surface area contributed by atoms with Crippen LogP contribution in [0.15, 0.2) is 28.7 Å². The molecule has 14 heavy (non-hydrogen) atoms. The second kappa shape index (κ2) is 4.41. The number of rotatable bonds is 3. The minimum absolute atomic E-state index is 0.268. The van der Waals surface area contributed by atoms with Crippen LogP contribution < -0.4 is 5.32 Å². The van der Waals surface area contributed by atoms with Gasteiger partial charge in [0.05, 0.1) is 6.04 Å². The van der Waals surface area contributed by atoms with E-state index in [0.717, 1.165) is 10.0 Å². The molecule has 1 aromatic rings. The highest BCUT2D eigenvalue weighted by Gasteiger charge is 2.28. The Balaban J connectivity index is 2.96. The van der Waals surface area contributed by atoms with Gasteiger partial charge in [-0.05, 0) is 38.6 Å². The summed E-state index contributed by atoms with van der Waals surface area (Å²) in [4.78, 5) is 0. The lowest BCUT2D eigenvalue weighted by atomic mass is 9.94. The van der Waals surface area contributed by atoms with E-state index in [1.54, 1.807) is 20.9 Å². The molecular weight excluding hydrogens is 245 g/mol. The fraction of sp³-hybridized carbons (Fsp3) is 0.455. The van der Waals surface area contributed by atoms with E-state index in [9.17, 15) is 4.39 Å². The van der Waals surface area contributed by atoms with Gasteiger partial charge in [0.25, 0.3) is 0 Å². The van der Waals surface area contributed by atoms with Crippen molar-refractivity contribution in [2.24, 2.45) is 0 Å². The van der Waals surface area contributed by atoms with Gasteiger partial charge in [-0.2, -0.15) is 0 Å². The monoisotopic (exact) mass is 259 g/mol. The first-order valence-electron chi connectivity index (χ1n) is 4.57. The van der Waals surface area contributed by atoms with Gasteiger partial charge in [-0.3, -0.25) is 0 Å². The Bertz CT molecular complexity index is 289. The van der Waals surface area contributed by atoms with E-state index >= 15 is 0 Å². The van der Waals surface area contributed by atoms with Gasteiger partial charge in [0, 0.05) is 4.47 Å². The molecule has 0 radical (unpaired) electrons. The Morgan fingerprint density at radius 2 is 1.79 bits per heavy atom. The van der Waals surface area contributed by atoms with Gasteiger partial charge in [0.15, 0.2) is 0 Å². The van der Waals surface area contributed by atoms with Crippen molar-refractivity contribution in [3.8, 4) is 0 Å². The zero-order valence-corrected chi connectivity index (χ0v) is 10.2. The van der Waals surface area contributed by atoms with Crippen LogP contribution >= 0.6 is 15.9 Å². The number of alkyl halides is 1. The predicted octanol–water partition coefficient (Wildman–Crippen LogP) is 3.46. The van der Waals surface area contributed by atoms with Crippen LogP contribution in [0.3, 0.4) is 0 Å². The van der Waals surface area contributed by atoms with E-state index in [1.807, 2.05) is 24.3 Å². The zero-order valence-electron chi connectivity index (χ0n) is 8.64. The molecule has 1 nitrogen and oxygen atoms in total. The van der Waals surface area contributed by atoms with E-state index < -0.39 is 5.67 Å². The van der Waals surface area contributed by atoms with Crippen LogP contribution in [0, 0.1) is 0 Å². The van der Waals surface area contributed by atoms with Crippen LogP contribution in [0.1, 0.15) is 25.5 Å². The van der Waals surface area contributed by atoms with Gasteiger partial charge >= 0.3 is 0 Å². The average molecular weight is 260 g/mol. The van der Waals surface area contributed by atoms with E-state index in [4.69, 9.17) is 0 Å². The maximum Gasteiger partial charge on any atom is 0.124 e. The summed E-state index contributed by atoms with van der Waals surface area (Å²) in [6.07, 6.45) is 0. The number of benzene rings is 1. The third kappa shape index (κ3) is 2.79. The molecule has 3 heteroatoms. The van der Waals surface area contributed by atoms with E-state index in [-0.39, 0.29) is 6.04 Å². The first-order valence-corrected chi connectivity index (χ1v) is 5.36. The molecule has 1 N–H and O–H groups in total. The van der Waals surface area contributed by atoms with Gasteiger partial charge in [0.2, 0.25) is 0 Å². The summed E-state index contributed by atoms with van der Waals surface area (Å²) >= 11 is 3.35. The molecule has 0 aromatic heterocycles. The molecule has 1 rings (SSSR count). The lowest BCUT2D eigenvalue weighted by Crippen LogP contribution is -2.33. The summed E-state index contributed by atoms with van der Waals surface area (Å²) in [6.45, 7) is 3.16. The van der Waals surface area contributed by atoms with Crippen molar-refractivity contribution in [3.05, 3.63) is 34.3 Å². The highest BCUT2D eigenvalue weighted by molar-refractivity contribution is 9.10. The van der Waals surface area contributed by atoms with E-state index in [1.165, 1.54) is 0 Å². The Kier molecular flexibility index (Phi) is 3.67. The second-order valence-electron chi connectivity index (χ2n) is 3.84. The summed E-state index contributed by atoms with van der Waals surface area (Å²) in [5.41, 5.74) is -0.300. The van der Waals surface area contributed by atoms with Crippen LogP contribution in [0.5, 0.6) is 0 Å². The SMILES string of the molecule is CNC(c1ccc(Br)cc1)C(C)(C)F. The smallest absolute Gasteiger partial charge is 0.124 e. The normalized spacial score (nSPS) is 14.1. The summed E-state index contributed by atoms with van der Waals surface area (Å²) in [7, 11) is 1.77. The quantitative estimate of drug-likeness (QED) is 0.877. The summed E-state index contributed by atoms with van der Waals surface area (Å²) in [5.74, 6) is 0. The fourth-order valence-corrected chi connectivity index (χ4v) is 1.83. The van der Waals surface area contributed by atoms with Gasteiger partial charge < -0.3 is 5.32 Å². The molecule has 0 heterocycles. The van der Waals surface area contributed by atoms with Crippen molar-refractivity contribution in [1.82, 2.24) is 5.32 Å². The van der Waals surface area contributed by atoms with Crippen molar-refractivity contribution < 1.29 is 4.39 Å². The van der Waals surface area contributed by atoms with Crippen LogP contribution in [-0.2, 0) is 0 Å². The Morgan fingerprint density at radius 3 is 2.14 bits per heavy atom. The van der Waals surface area contributed by atoms with Crippen LogP contribution in [-0.4, -0.2) is 12.7 Å². The highest BCUT2D eigenvalue weighted by Crippen LogP contribution is 2.29. The van der Waals surface area contributed by atoms with Gasteiger partial charge in [-0.1, -0.05) is 28.1 Å². The molecule has 1 aromatic carbocycles. The highest BCUT2D eigenvalue weighted by atomic mass is 79.9. The third-order valence-corrected chi connectivity index (χ3v) is 2.71. The minimum atomic E-state index is -1.26. The lowest BCUT2D eigenvalue weighted by Gasteiger charge is -2.27. The van der Waals surface area contributed by atoms with Crippen molar-refractivity contribution in [3.63, 3.8) is 0 Å². The maximum absolute atomic E-state index is 13.8. The summed E-state index contributed by atoms with van der Waals surface area (Å²) in [6, 6.07) is 7.42. The topological polar surface area (TPSA) is 12.0 Å². The van der Waals surface area contributed by atoms with Gasteiger partial charge in [-0.15, -0.1) is 0 Å². The molecule has 1 unspecified atom stereocenters. The minimum Gasteiger partial charge on any atom is -0.310 e. The third-order valence-electron chi connectivity index (χ3n) is 2.18. The first kappa shape index (κ1) is 11.7. The molecule has 78 valence electrons. The standard InChI is InChI=1S/C11H15BrFN/c1-11(2,13)10(14-3)8-4-6-9(12)7-5-8/h4-7,10,14H,1-3H3. The van der Waals surface area contributed by atoms with Crippen LogP contribution in [0.25, 0.3) is 0 Å². The number of nitrogens with one attached hydrogen (secondary N) is 1. The molecule has 0 saturated carbocycles. The van der Waals surface area contributed by atoms with Gasteiger partial charge in [0.1, 0.15) is 5.67 Å². The summed E-state index contributed by atoms with van der Waals surface area (Å²) < 4.78 is 14.8. The molecule has 0 saturated heterocycles. The Morgan fingerprint density at radius 1 is 1.29 bits per heavy atom. The molecule has 0 aliphatic heterocycles. The van der Waals surface area contributed by atoms with Crippen LogP contribution in [0.2, 0.25) is 0 Å². The molecular formula is C11H15BrFN. The maximum atomic E-state index is 13.8. The van der Waals surface area contributed by atoms with Crippen molar-refractivity contribution in [2.75, 3.05) is 7.05 Å². The van der Waals surface area contributed by atoms with E-state index in [0.29, 0.717) is 0 Å². The molecule has 0 spiro atoms. The van der Waals surface area contributed by atoms with E-state index in [2.05, 4.69) is 21.2 Å². The predicted molar refractivity (Wildman–Crippen MR) is 61.1 cm³/mol. The molecule has 0 aliphatic carbocycles. The molecule has 0 aliphatic rings. The molecule has 0 fully saturated rings. The number of halogens is 2. The molecule has 0 amide bonds. The van der Waals surface area contributed by atoms with Crippen molar-refractivity contribution in [1.29, 1.82) is 0 Å². The Labute approximate surface area is 92.8 Å². The summed E-state index contributed by atoms with van der Waals surface area (Å²) in [5, 5.41) is 2.99. The van der Waals surface area contributed by atoms with Gasteiger partial charge in [-0.25, -0.2) is 4.39 Å². The Hall–Kier alpha value is -0.410. The largest absolute Gasteiger partial charge is 0.310 e. The molecule has 1 atom stereocenters. The second-order valence-corrected chi connectivity index (χ2v) is 4.75.